The number of nitrogens with zero attached hydrogens (tertiary/aromatic N) is 3. The molecule has 0 aliphatic heterocycles. The highest BCUT2D eigenvalue weighted by Gasteiger charge is 2.12. The number of nitrogens with one attached hydrogen (secondary N) is 3. The maximum Gasteiger partial charge on any atom is 0.271 e. The van der Waals surface area contributed by atoms with Gasteiger partial charge in [0.15, 0.2) is 5.82 Å². The van der Waals surface area contributed by atoms with Gasteiger partial charge in [-0.05, 0) is 6.92 Å². The van der Waals surface area contributed by atoms with Gasteiger partial charge in [0, 0.05) is 0 Å². The molecule has 1 unspecified atom stereocenters. The van der Waals surface area contributed by atoms with Crippen molar-refractivity contribution in [2.45, 2.75) is 13.0 Å². The Kier molecular flexibility index (Phi) is 2.86. The fourth-order valence-corrected chi connectivity index (χ4v) is 1.34. The van der Waals surface area contributed by atoms with Crippen molar-refractivity contribution in [1.82, 2.24) is 25.1 Å². The monoisotopic (exact) mass is 240 g/mol. The van der Waals surface area contributed by atoms with Crippen molar-refractivity contribution in [2.24, 2.45) is 0 Å². The Morgan fingerprint density at radius 1 is 1.50 bits per heavy atom. The minimum Gasteiger partial charge on any atom is -0.359 e. The van der Waals surface area contributed by atoms with Gasteiger partial charge in [0.25, 0.3) is 5.56 Å². The first-order valence-corrected chi connectivity index (χ1v) is 4.91. The molecule has 3 N–H and O–H groups in total. The molecular formula is C8H9ClN6O. The summed E-state index contributed by atoms with van der Waals surface area (Å²) >= 11 is 5.78. The van der Waals surface area contributed by atoms with Gasteiger partial charge < -0.3 is 10.3 Å². The number of H-pyrrole nitrogens is 2. The highest BCUT2D eigenvalue weighted by Crippen LogP contribution is 2.18. The maximum absolute atomic E-state index is 11.2. The lowest BCUT2D eigenvalue weighted by atomic mass is 10.3. The molecule has 7 nitrogen and oxygen atoms in total. The zero-order valence-corrected chi connectivity index (χ0v) is 9.12. The summed E-state index contributed by atoms with van der Waals surface area (Å²) < 4.78 is 0. The van der Waals surface area contributed by atoms with E-state index in [2.05, 4.69) is 30.5 Å². The fraction of sp³-hybridized carbons (Fsp3) is 0.250. The van der Waals surface area contributed by atoms with Crippen molar-refractivity contribution in [3.63, 3.8) is 0 Å². The van der Waals surface area contributed by atoms with E-state index in [1.54, 1.807) is 0 Å². The third kappa shape index (κ3) is 2.03. The number of aromatic amines is 2. The molecular weight excluding hydrogens is 232 g/mol. The number of halogens is 1. The summed E-state index contributed by atoms with van der Waals surface area (Å²) in [5.41, 5.74) is -0.385. The summed E-state index contributed by atoms with van der Waals surface area (Å²) in [6.45, 7) is 1.85. The van der Waals surface area contributed by atoms with Crippen molar-refractivity contribution in [3.8, 4) is 0 Å². The first kappa shape index (κ1) is 10.6. The van der Waals surface area contributed by atoms with Gasteiger partial charge in [0.05, 0.1) is 12.4 Å². The van der Waals surface area contributed by atoms with Crippen LogP contribution in [0.2, 0.25) is 5.02 Å². The maximum atomic E-state index is 11.2. The molecule has 0 radical (unpaired) electrons. The highest BCUT2D eigenvalue weighted by atomic mass is 35.5. The van der Waals surface area contributed by atoms with Gasteiger partial charge in [-0.15, -0.1) is 0 Å². The molecule has 2 heterocycles. The standard InChI is InChI=1S/C8H9ClN6O/c1-4(6-11-3-13-15-6)14-7-5(9)8(16)12-2-10-7/h2-4H,1H3,(H,11,13,15)(H2,10,12,14,16). The van der Waals surface area contributed by atoms with Crippen LogP contribution in [-0.2, 0) is 0 Å². The molecule has 1 atom stereocenters. The van der Waals surface area contributed by atoms with Crippen molar-refractivity contribution >= 4 is 17.4 Å². The smallest absolute Gasteiger partial charge is 0.271 e. The van der Waals surface area contributed by atoms with E-state index in [1.165, 1.54) is 12.7 Å². The van der Waals surface area contributed by atoms with Gasteiger partial charge in [0.1, 0.15) is 17.2 Å². The summed E-state index contributed by atoms with van der Waals surface area (Å²) in [7, 11) is 0. The van der Waals surface area contributed by atoms with Crippen LogP contribution in [0.3, 0.4) is 0 Å². The molecule has 2 rings (SSSR count). The van der Waals surface area contributed by atoms with Crippen LogP contribution in [0.25, 0.3) is 0 Å². The lowest BCUT2D eigenvalue weighted by Crippen LogP contribution is -2.15. The first-order chi connectivity index (χ1) is 7.68. The van der Waals surface area contributed by atoms with E-state index in [1.807, 2.05) is 6.92 Å². The molecule has 0 amide bonds. The van der Waals surface area contributed by atoms with Crippen molar-refractivity contribution in [3.05, 3.63) is 33.9 Å². The second-order valence-corrected chi connectivity index (χ2v) is 3.51. The van der Waals surface area contributed by atoms with Crippen LogP contribution in [0.1, 0.15) is 18.8 Å². The average molecular weight is 241 g/mol. The largest absolute Gasteiger partial charge is 0.359 e. The summed E-state index contributed by atoms with van der Waals surface area (Å²) in [4.78, 5) is 21.5. The zero-order chi connectivity index (χ0) is 11.5. The van der Waals surface area contributed by atoms with Crippen LogP contribution >= 0.6 is 11.6 Å². The summed E-state index contributed by atoms with van der Waals surface area (Å²) in [6, 6.07) is -0.172. The van der Waals surface area contributed by atoms with Gasteiger partial charge >= 0.3 is 0 Å². The molecule has 0 bridgehead atoms. The number of aromatic nitrogens is 5. The second kappa shape index (κ2) is 4.31. The molecule has 0 saturated carbocycles. The second-order valence-electron chi connectivity index (χ2n) is 3.13. The average Bonchev–Trinajstić information content (AvgIpc) is 2.78. The van der Waals surface area contributed by atoms with Crippen LogP contribution in [0.15, 0.2) is 17.4 Å². The summed E-state index contributed by atoms with van der Waals surface area (Å²) in [5.74, 6) is 0.951. The van der Waals surface area contributed by atoms with E-state index >= 15 is 0 Å². The van der Waals surface area contributed by atoms with Crippen LogP contribution < -0.4 is 10.9 Å². The van der Waals surface area contributed by atoms with E-state index in [9.17, 15) is 4.79 Å². The van der Waals surface area contributed by atoms with E-state index in [4.69, 9.17) is 11.6 Å². The molecule has 0 fully saturated rings. The van der Waals surface area contributed by atoms with Gasteiger partial charge in [-0.1, -0.05) is 11.6 Å². The third-order valence-electron chi connectivity index (χ3n) is 1.99. The SMILES string of the molecule is CC(Nc1nc[nH]c(=O)c1Cl)c1ncn[nH]1. The lowest BCUT2D eigenvalue weighted by Gasteiger charge is -2.11. The van der Waals surface area contributed by atoms with Gasteiger partial charge in [-0.2, -0.15) is 5.10 Å². The Morgan fingerprint density at radius 3 is 3.00 bits per heavy atom. The Balaban J connectivity index is 2.21. The fourth-order valence-electron chi connectivity index (χ4n) is 1.18. The Labute approximate surface area is 95.3 Å². The molecule has 84 valence electrons. The molecule has 2 aromatic rings. The molecule has 0 aromatic carbocycles. The molecule has 8 heteroatoms. The highest BCUT2D eigenvalue weighted by molar-refractivity contribution is 6.32. The number of hydrogen-bond donors (Lipinski definition) is 3. The van der Waals surface area contributed by atoms with Crippen LogP contribution in [0, 0.1) is 0 Å². The Morgan fingerprint density at radius 2 is 2.31 bits per heavy atom. The number of rotatable bonds is 3. The van der Waals surface area contributed by atoms with Crippen molar-refractivity contribution < 1.29 is 0 Å². The van der Waals surface area contributed by atoms with Crippen molar-refractivity contribution in [2.75, 3.05) is 5.32 Å². The van der Waals surface area contributed by atoms with Gasteiger partial charge in [-0.25, -0.2) is 9.97 Å². The normalized spacial score (nSPS) is 12.4. The third-order valence-corrected chi connectivity index (χ3v) is 2.34. The van der Waals surface area contributed by atoms with E-state index in [0.717, 1.165) is 0 Å². The molecule has 16 heavy (non-hydrogen) atoms. The molecule has 0 spiro atoms. The van der Waals surface area contributed by atoms with E-state index < -0.39 is 0 Å². The van der Waals surface area contributed by atoms with Gasteiger partial charge in [0.2, 0.25) is 0 Å². The quantitative estimate of drug-likeness (QED) is 0.734. The predicted molar refractivity (Wildman–Crippen MR) is 58.3 cm³/mol. The minimum absolute atomic E-state index is 0.0221. The van der Waals surface area contributed by atoms with Crippen LogP contribution in [-0.4, -0.2) is 25.1 Å². The zero-order valence-electron chi connectivity index (χ0n) is 8.36. The first-order valence-electron chi connectivity index (χ1n) is 4.53. The lowest BCUT2D eigenvalue weighted by molar-refractivity contribution is 0.788. The topological polar surface area (TPSA) is 99.3 Å². The summed E-state index contributed by atoms with van der Waals surface area (Å²) in [5, 5.41) is 9.42. The molecule has 0 saturated heterocycles. The van der Waals surface area contributed by atoms with E-state index in [0.29, 0.717) is 11.6 Å². The minimum atomic E-state index is -0.385. The number of hydrogen-bond acceptors (Lipinski definition) is 5. The molecule has 2 aromatic heterocycles. The predicted octanol–water partition coefficient (Wildman–Crippen LogP) is 0.714. The Bertz CT molecular complexity index is 522. The van der Waals surface area contributed by atoms with Crippen LogP contribution in [0.4, 0.5) is 5.82 Å². The number of anilines is 1. The van der Waals surface area contributed by atoms with Gasteiger partial charge in [-0.3, -0.25) is 9.89 Å². The Hall–Kier alpha value is -1.89. The van der Waals surface area contributed by atoms with E-state index in [-0.39, 0.29) is 16.6 Å². The molecule has 0 aliphatic carbocycles. The summed E-state index contributed by atoms with van der Waals surface area (Å²) in [6.07, 6.45) is 2.68. The van der Waals surface area contributed by atoms with Crippen molar-refractivity contribution in [1.29, 1.82) is 0 Å². The molecule has 0 aliphatic rings. The van der Waals surface area contributed by atoms with Crippen LogP contribution in [0.5, 0.6) is 0 Å².